The van der Waals surface area contributed by atoms with Gasteiger partial charge in [0.05, 0.1) is 5.37 Å². The summed E-state index contributed by atoms with van der Waals surface area (Å²) in [6.45, 7) is 6.65. The number of hydrogen-bond donors (Lipinski definition) is 1. The number of amides is 2. The van der Waals surface area contributed by atoms with Gasteiger partial charge in [0, 0.05) is 18.3 Å². The summed E-state index contributed by atoms with van der Waals surface area (Å²) in [5, 5.41) is 9.43. The second-order valence-corrected chi connectivity index (χ2v) is 6.80. The minimum atomic E-state index is -0.880. The lowest BCUT2D eigenvalue weighted by molar-refractivity contribution is -0.141. The van der Waals surface area contributed by atoms with Gasteiger partial charge in [0.2, 0.25) is 0 Å². The van der Waals surface area contributed by atoms with Crippen molar-refractivity contribution in [2.45, 2.75) is 57.5 Å². The Morgan fingerprint density at radius 1 is 1.40 bits per heavy atom. The van der Waals surface area contributed by atoms with Crippen LogP contribution in [0.2, 0.25) is 0 Å². The molecule has 0 radical (unpaired) electrons. The first-order chi connectivity index (χ1) is 9.51. The molecule has 1 saturated heterocycles. The largest absolute Gasteiger partial charge is 0.480 e. The maximum Gasteiger partial charge on any atom is 0.327 e. The van der Waals surface area contributed by atoms with Crippen LogP contribution in [0.3, 0.4) is 0 Å². The topological polar surface area (TPSA) is 60.9 Å². The Kier molecular flexibility index (Phi) is 4.83. The van der Waals surface area contributed by atoms with Gasteiger partial charge in [-0.05, 0) is 39.0 Å². The molecule has 2 fully saturated rings. The molecule has 20 heavy (non-hydrogen) atoms. The molecule has 5 nitrogen and oxygen atoms in total. The van der Waals surface area contributed by atoms with Crippen LogP contribution >= 0.6 is 11.8 Å². The van der Waals surface area contributed by atoms with Crippen LogP contribution in [-0.4, -0.2) is 56.7 Å². The van der Waals surface area contributed by atoms with Gasteiger partial charge >= 0.3 is 12.0 Å². The zero-order chi connectivity index (χ0) is 14.9. The van der Waals surface area contributed by atoms with E-state index in [-0.39, 0.29) is 17.4 Å². The molecule has 0 aromatic carbocycles. The predicted octanol–water partition coefficient (Wildman–Crippen LogP) is 2.46. The molecule has 3 atom stereocenters. The number of carboxylic acids is 1. The van der Waals surface area contributed by atoms with Crippen LogP contribution in [0.5, 0.6) is 0 Å². The standard InChI is InChI=1S/C14H24N2O3S/c1-4-9(3)15(5-2)14(19)16-11(13(17)18)8-20-12(16)10-6-7-10/h9-12H,4-8H2,1-3H3,(H,17,18). The summed E-state index contributed by atoms with van der Waals surface area (Å²) in [6, 6.07) is -0.625. The summed E-state index contributed by atoms with van der Waals surface area (Å²) in [5.74, 6) is 0.124. The molecule has 6 heteroatoms. The smallest absolute Gasteiger partial charge is 0.327 e. The maximum atomic E-state index is 12.8. The average Bonchev–Trinajstić information content (AvgIpc) is 3.17. The Bertz CT molecular complexity index is 387. The highest BCUT2D eigenvalue weighted by Crippen LogP contribution is 2.45. The van der Waals surface area contributed by atoms with Gasteiger partial charge in [-0.2, -0.15) is 0 Å². The fraction of sp³-hybridized carbons (Fsp3) is 0.857. The first-order valence-corrected chi connectivity index (χ1v) is 8.49. The van der Waals surface area contributed by atoms with Crippen LogP contribution in [0.4, 0.5) is 4.79 Å². The van der Waals surface area contributed by atoms with Gasteiger partial charge in [-0.15, -0.1) is 11.8 Å². The molecule has 1 N–H and O–H groups in total. The van der Waals surface area contributed by atoms with E-state index in [1.807, 2.05) is 20.8 Å². The molecule has 1 heterocycles. The number of thioether (sulfide) groups is 1. The SMILES string of the molecule is CCC(C)N(CC)C(=O)N1C(C(=O)O)CSC1C1CC1. The second kappa shape index (κ2) is 6.24. The van der Waals surface area contributed by atoms with Gasteiger partial charge in [-0.1, -0.05) is 6.92 Å². The van der Waals surface area contributed by atoms with Crippen LogP contribution in [0.1, 0.15) is 40.0 Å². The monoisotopic (exact) mass is 300 g/mol. The molecule has 114 valence electrons. The van der Waals surface area contributed by atoms with Crippen LogP contribution in [0.25, 0.3) is 0 Å². The lowest BCUT2D eigenvalue weighted by Crippen LogP contribution is -2.54. The molecule has 3 unspecified atom stereocenters. The summed E-state index contributed by atoms with van der Waals surface area (Å²) >= 11 is 1.63. The number of carbonyl (C=O) groups excluding carboxylic acids is 1. The third kappa shape index (κ3) is 2.90. The average molecular weight is 300 g/mol. The second-order valence-electron chi connectivity index (χ2n) is 5.65. The van der Waals surface area contributed by atoms with Crippen molar-refractivity contribution < 1.29 is 14.7 Å². The highest BCUT2D eigenvalue weighted by molar-refractivity contribution is 8.00. The highest BCUT2D eigenvalue weighted by atomic mass is 32.2. The van der Waals surface area contributed by atoms with Gasteiger partial charge in [0.1, 0.15) is 6.04 Å². The summed E-state index contributed by atoms with van der Waals surface area (Å²) in [5.41, 5.74) is 0. The van der Waals surface area contributed by atoms with Crippen molar-refractivity contribution in [1.82, 2.24) is 9.80 Å². The van der Waals surface area contributed by atoms with E-state index in [0.717, 1.165) is 19.3 Å². The molecular formula is C14H24N2O3S. The van der Waals surface area contributed by atoms with Crippen molar-refractivity contribution >= 4 is 23.8 Å². The van der Waals surface area contributed by atoms with Crippen molar-refractivity contribution in [2.75, 3.05) is 12.3 Å². The Morgan fingerprint density at radius 2 is 2.05 bits per heavy atom. The Balaban J connectivity index is 2.19. The lowest BCUT2D eigenvalue weighted by Gasteiger charge is -2.36. The van der Waals surface area contributed by atoms with Crippen LogP contribution in [0, 0.1) is 5.92 Å². The van der Waals surface area contributed by atoms with Gasteiger partial charge in [-0.3, -0.25) is 4.90 Å². The first-order valence-electron chi connectivity index (χ1n) is 7.44. The van der Waals surface area contributed by atoms with Crippen molar-refractivity contribution in [3.8, 4) is 0 Å². The zero-order valence-electron chi connectivity index (χ0n) is 12.4. The maximum absolute atomic E-state index is 12.8. The van der Waals surface area contributed by atoms with E-state index in [2.05, 4.69) is 0 Å². The normalized spacial score (nSPS) is 27.4. The third-order valence-corrected chi connectivity index (χ3v) is 5.74. The van der Waals surface area contributed by atoms with E-state index < -0.39 is 12.0 Å². The molecule has 1 aliphatic heterocycles. The minimum absolute atomic E-state index is 0.0571. The summed E-state index contributed by atoms with van der Waals surface area (Å²) < 4.78 is 0. The number of urea groups is 1. The Labute approximate surface area is 124 Å². The fourth-order valence-corrected chi connectivity index (χ4v) is 4.33. The van der Waals surface area contributed by atoms with Crippen molar-refractivity contribution in [1.29, 1.82) is 0 Å². The van der Waals surface area contributed by atoms with Crippen molar-refractivity contribution in [3.63, 3.8) is 0 Å². The van der Waals surface area contributed by atoms with Crippen LogP contribution in [-0.2, 0) is 4.79 Å². The van der Waals surface area contributed by atoms with Crippen molar-refractivity contribution in [2.24, 2.45) is 5.92 Å². The van der Waals surface area contributed by atoms with Crippen molar-refractivity contribution in [3.05, 3.63) is 0 Å². The van der Waals surface area contributed by atoms with E-state index in [1.165, 1.54) is 0 Å². The number of aliphatic carboxylic acids is 1. The van der Waals surface area contributed by atoms with E-state index >= 15 is 0 Å². The van der Waals surface area contributed by atoms with Gasteiger partial charge in [0.25, 0.3) is 0 Å². The minimum Gasteiger partial charge on any atom is -0.480 e. The van der Waals surface area contributed by atoms with E-state index in [4.69, 9.17) is 0 Å². The number of rotatable bonds is 5. The molecule has 1 aliphatic carbocycles. The number of carboxylic acid groups (broad SMARTS) is 1. The summed E-state index contributed by atoms with van der Waals surface area (Å²) in [7, 11) is 0. The van der Waals surface area contributed by atoms with E-state index in [0.29, 0.717) is 18.2 Å². The highest BCUT2D eigenvalue weighted by Gasteiger charge is 2.49. The van der Waals surface area contributed by atoms with Gasteiger partial charge in [0.15, 0.2) is 0 Å². The Morgan fingerprint density at radius 3 is 2.50 bits per heavy atom. The van der Waals surface area contributed by atoms with Crippen LogP contribution < -0.4 is 0 Å². The van der Waals surface area contributed by atoms with Gasteiger partial charge < -0.3 is 10.0 Å². The molecule has 2 aliphatic rings. The van der Waals surface area contributed by atoms with E-state index in [9.17, 15) is 14.7 Å². The number of hydrogen-bond acceptors (Lipinski definition) is 3. The Hall–Kier alpha value is -0.910. The quantitative estimate of drug-likeness (QED) is 0.847. The molecule has 1 saturated carbocycles. The molecule has 2 rings (SSSR count). The van der Waals surface area contributed by atoms with Crippen LogP contribution in [0.15, 0.2) is 0 Å². The molecular weight excluding hydrogens is 276 g/mol. The number of nitrogens with zero attached hydrogens (tertiary/aromatic N) is 2. The lowest BCUT2D eigenvalue weighted by atomic mass is 10.2. The molecule has 2 amide bonds. The first kappa shape index (κ1) is 15.5. The third-order valence-electron chi connectivity index (χ3n) is 4.28. The van der Waals surface area contributed by atoms with Gasteiger partial charge in [-0.25, -0.2) is 9.59 Å². The summed E-state index contributed by atoms with van der Waals surface area (Å²) in [6.07, 6.45) is 3.11. The fourth-order valence-electron chi connectivity index (χ4n) is 2.71. The zero-order valence-corrected chi connectivity index (χ0v) is 13.2. The molecule has 0 aromatic heterocycles. The molecule has 0 spiro atoms. The number of carbonyl (C=O) groups is 2. The molecule has 0 bridgehead atoms. The predicted molar refractivity (Wildman–Crippen MR) is 79.8 cm³/mol. The van der Waals surface area contributed by atoms with E-state index in [1.54, 1.807) is 21.6 Å². The molecule has 0 aromatic rings. The summed E-state index contributed by atoms with van der Waals surface area (Å²) in [4.78, 5) is 27.7.